The van der Waals surface area contributed by atoms with Crippen LogP contribution < -0.4 is 4.74 Å². The Labute approximate surface area is 87.3 Å². The number of benzene rings is 1. The topological polar surface area (TPSA) is 46.5 Å². The third kappa shape index (κ3) is 1.91. The first kappa shape index (κ1) is 9.52. The van der Waals surface area contributed by atoms with E-state index in [2.05, 4.69) is 0 Å². The minimum atomic E-state index is -0.968. The Balaban J connectivity index is 2.55. The van der Waals surface area contributed by atoms with Gasteiger partial charge in [0.2, 0.25) is 0 Å². The van der Waals surface area contributed by atoms with Crippen molar-refractivity contribution in [2.24, 2.45) is 0 Å². The third-order valence-electron chi connectivity index (χ3n) is 2.12. The lowest BCUT2D eigenvalue weighted by Crippen LogP contribution is -2.05. The number of allylic oxidation sites excluding steroid dienone is 2. The van der Waals surface area contributed by atoms with Crippen molar-refractivity contribution < 1.29 is 14.6 Å². The summed E-state index contributed by atoms with van der Waals surface area (Å²) in [6.07, 6.45) is 7.40. The fourth-order valence-corrected chi connectivity index (χ4v) is 1.44. The van der Waals surface area contributed by atoms with Crippen LogP contribution in [-0.4, -0.2) is 17.7 Å². The number of aromatic carboxylic acids is 1. The summed E-state index contributed by atoms with van der Waals surface area (Å²) < 4.78 is 5.40. The molecule has 3 heteroatoms. The van der Waals surface area contributed by atoms with E-state index in [1.54, 1.807) is 12.1 Å². The number of rotatable bonds is 1. The maximum atomic E-state index is 10.9. The molecule has 0 fully saturated rings. The molecule has 15 heavy (non-hydrogen) atoms. The van der Waals surface area contributed by atoms with Crippen LogP contribution in [0.4, 0.5) is 0 Å². The van der Waals surface area contributed by atoms with Gasteiger partial charge in [0.15, 0.2) is 0 Å². The van der Waals surface area contributed by atoms with Crippen LogP contribution >= 0.6 is 0 Å². The molecule has 0 atom stereocenters. The highest BCUT2D eigenvalue weighted by Crippen LogP contribution is 2.26. The third-order valence-corrected chi connectivity index (χ3v) is 2.12. The lowest BCUT2D eigenvalue weighted by molar-refractivity contribution is 0.0692. The Morgan fingerprint density at radius 1 is 1.33 bits per heavy atom. The SMILES string of the molecule is O=C(O)c1cccc2c1OCC=CC=C2. The minimum absolute atomic E-state index is 0.201. The van der Waals surface area contributed by atoms with Gasteiger partial charge in [0.25, 0.3) is 0 Å². The van der Waals surface area contributed by atoms with Crippen LogP contribution in [0.3, 0.4) is 0 Å². The molecule has 1 N–H and O–H groups in total. The Kier molecular flexibility index (Phi) is 2.54. The van der Waals surface area contributed by atoms with Gasteiger partial charge >= 0.3 is 5.97 Å². The Morgan fingerprint density at radius 3 is 3.00 bits per heavy atom. The van der Waals surface area contributed by atoms with Gasteiger partial charge in [-0.2, -0.15) is 0 Å². The molecule has 3 nitrogen and oxygen atoms in total. The predicted molar refractivity (Wildman–Crippen MR) is 57.1 cm³/mol. The van der Waals surface area contributed by atoms with E-state index in [-0.39, 0.29) is 5.56 Å². The molecular formula is C12H10O3. The number of fused-ring (bicyclic) bond motifs is 1. The van der Waals surface area contributed by atoms with E-state index in [0.717, 1.165) is 5.56 Å². The molecule has 0 aliphatic carbocycles. The first-order valence-corrected chi connectivity index (χ1v) is 4.61. The second kappa shape index (κ2) is 4.00. The number of hydrogen-bond acceptors (Lipinski definition) is 2. The second-order valence-corrected chi connectivity index (χ2v) is 3.13. The van der Waals surface area contributed by atoms with Crippen LogP contribution in [0.5, 0.6) is 5.75 Å². The zero-order valence-corrected chi connectivity index (χ0v) is 8.01. The van der Waals surface area contributed by atoms with E-state index in [0.29, 0.717) is 12.4 Å². The van der Waals surface area contributed by atoms with Gasteiger partial charge < -0.3 is 9.84 Å². The summed E-state index contributed by atoms with van der Waals surface area (Å²) in [6, 6.07) is 5.08. The number of carbonyl (C=O) groups is 1. The average Bonchev–Trinajstić information content (AvgIpc) is 2.17. The highest BCUT2D eigenvalue weighted by atomic mass is 16.5. The average molecular weight is 202 g/mol. The molecule has 0 aromatic heterocycles. The van der Waals surface area contributed by atoms with Crippen molar-refractivity contribution in [1.82, 2.24) is 0 Å². The molecule has 0 spiro atoms. The molecular weight excluding hydrogens is 192 g/mol. The second-order valence-electron chi connectivity index (χ2n) is 3.13. The van der Waals surface area contributed by atoms with Gasteiger partial charge in [-0.05, 0) is 12.1 Å². The van der Waals surface area contributed by atoms with Crippen molar-refractivity contribution in [3.63, 3.8) is 0 Å². The Morgan fingerprint density at radius 2 is 2.20 bits per heavy atom. The maximum absolute atomic E-state index is 10.9. The molecule has 0 unspecified atom stereocenters. The maximum Gasteiger partial charge on any atom is 0.339 e. The van der Waals surface area contributed by atoms with E-state index in [9.17, 15) is 4.79 Å². The van der Waals surface area contributed by atoms with Crippen LogP contribution in [0.1, 0.15) is 15.9 Å². The minimum Gasteiger partial charge on any atom is -0.488 e. The summed E-state index contributed by atoms with van der Waals surface area (Å²) in [5, 5.41) is 8.98. The molecule has 0 saturated heterocycles. The van der Waals surface area contributed by atoms with Gasteiger partial charge in [-0.1, -0.05) is 30.4 Å². The van der Waals surface area contributed by atoms with Crippen LogP contribution in [0.25, 0.3) is 6.08 Å². The smallest absolute Gasteiger partial charge is 0.339 e. The zero-order chi connectivity index (χ0) is 10.7. The summed E-state index contributed by atoms with van der Waals surface area (Å²) in [6.45, 7) is 0.391. The first-order valence-electron chi connectivity index (χ1n) is 4.61. The molecule has 1 aliphatic rings. The highest BCUT2D eigenvalue weighted by molar-refractivity contribution is 5.92. The Hall–Kier alpha value is -2.03. The number of ether oxygens (including phenoxy) is 1. The molecule has 0 bridgehead atoms. The van der Waals surface area contributed by atoms with Crippen molar-refractivity contribution in [1.29, 1.82) is 0 Å². The van der Waals surface area contributed by atoms with Crippen molar-refractivity contribution in [3.8, 4) is 5.75 Å². The fourth-order valence-electron chi connectivity index (χ4n) is 1.44. The molecule has 1 aromatic carbocycles. The van der Waals surface area contributed by atoms with Crippen molar-refractivity contribution in [2.45, 2.75) is 0 Å². The molecule has 1 aliphatic heterocycles. The summed E-state index contributed by atoms with van der Waals surface area (Å²) in [7, 11) is 0. The largest absolute Gasteiger partial charge is 0.488 e. The van der Waals surface area contributed by atoms with Crippen LogP contribution in [0.2, 0.25) is 0 Å². The number of carboxylic acids is 1. The van der Waals surface area contributed by atoms with Gasteiger partial charge in [0.05, 0.1) is 0 Å². The molecule has 0 radical (unpaired) electrons. The standard InChI is InChI=1S/C12H10O3/c13-12(14)10-7-4-6-9-5-2-1-3-8-15-11(9)10/h1-7H,8H2,(H,13,14). The molecule has 0 saturated carbocycles. The lowest BCUT2D eigenvalue weighted by Gasteiger charge is -2.11. The zero-order valence-electron chi connectivity index (χ0n) is 8.01. The van der Waals surface area contributed by atoms with Gasteiger partial charge in [0, 0.05) is 5.56 Å². The van der Waals surface area contributed by atoms with E-state index < -0.39 is 5.97 Å². The number of carboxylic acid groups (broad SMARTS) is 1. The quantitative estimate of drug-likeness (QED) is 0.760. The number of hydrogen-bond donors (Lipinski definition) is 1. The monoisotopic (exact) mass is 202 g/mol. The summed E-state index contributed by atoms with van der Waals surface area (Å²) in [5.41, 5.74) is 0.992. The van der Waals surface area contributed by atoms with Gasteiger partial charge in [0.1, 0.15) is 17.9 Å². The molecule has 1 heterocycles. The number of para-hydroxylation sites is 1. The van der Waals surface area contributed by atoms with Crippen molar-refractivity contribution in [3.05, 3.63) is 47.6 Å². The normalized spacial score (nSPS) is 13.6. The van der Waals surface area contributed by atoms with Crippen molar-refractivity contribution in [2.75, 3.05) is 6.61 Å². The summed E-state index contributed by atoms with van der Waals surface area (Å²) >= 11 is 0. The Bertz CT molecular complexity index is 444. The fraction of sp³-hybridized carbons (Fsp3) is 0.0833. The lowest BCUT2D eigenvalue weighted by atomic mass is 10.1. The highest BCUT2D eigenvalue weighted by Gasteiger charge is 2.13. The van der Waals surface area contributed by atoms with Gasteiger partial charge in [-0.3, -0.25) is 0 Å². The first-order chi connectivity index (χ1) is 7.29. The van der Waals surface area contributed by atoms with E-state index in [1.165, 1.54) is 0 Å². The molecule has 1 aromatic rings. The van der Waals surface area contributed by atoms with Crippen LogP contribution in [0.15, 0.2) is 36.4 Å². The molecule has 0 amide bonds. The van der Waals surface area contributed by atoms with Crippen molar-refractivity contribution >= 4 is 12.0 Å². The molecule has 76 valence electrons. The van der Waals surface area contributed by atoms with Crippen LogP contribution in [-0.2, 0) is 0 Å². The summed E-state index contributed by atoms with van der Waals surface area (Å²) in [5.74, 6) is -0.532. The van der Waals surface area contributed by atoms with E-state index >= 15 is 0 Å². The summed E-state index contributed by atoms with van der Waals surface area (Å²) in [4.78, 5) is 10.9. The predicted octanol–water partition coefficient (Wildman–Crippen LogP) is 2.35. The van der Waals surface area contributed by atoms with E-state index in [4.69, 9.17) is 9.84 Å². The van der Waals surface area contributed by atoms with E-state index in [1.807, 2.05) is 30.4 Å². The van der Waals surface area contributed by atoms with Gasteiger partial charge in [-0.15, -0.1) is 0 Å². The van der Waals surface area contributed by atoms with Crippen LogP contribution in [0, 0.1) is 0 Å². The van der Waals surface area contributed by atoms with Gasteiger partial charge in [-0.25, -0.2) is 4.79 Å². The molecule has 2 rings (SSSR count).